The minimum absolute atomic E-state index is 0.0863. The van der Waals surface area contributed by atoms with Crippen LogP contribution in [0.4, 0.5) is 4.79 Å². The Labute approximate surface area is 143 Å². The third kappa shape index (κ3) is 4.83. The van der Waals surface area contributed by atoms with Gasteiger partial charge in [0.05, 0.1) is 16.9 Å². The summed E-state index contributed by atoms with van der Waals surface area (Å²) in [5, 5.41) is 2.95. The smallest absolute Gasteiger partial charge is 0.317 e. The van der Waals surface area contributed by atoms with E-state index >= 15 is 0 Å². The summed E-state index contributed by atoms with van der Waals surface area (Å²) in [5.41, 5.74) is 2.17. The van der Waals surface area contributed by atoms with Gasteiger partial charge in [0.2, 0.25) is 0 Å². The number of methoxy groups -OCH3 is 1. The maximum absolute atomic E-state index is 12.2. The van der Waals surface area contributed by atoms with E-state index in [1.54, 1.807) is 30.4 Å². The highest BCUT2D eigenvalue weighted by molar-refractivity contribution is 9.11. The van der Waals surface area contributed by atoms with Gasteiger partial charge in [0, 0.05) is 25.6 Å². The van der Waals surface area contributed by atoms with E-state index in [2.05, 4.69) is 21.2 Å². The molecule has 1 aromatic carbocycles. The van der Waals surface area contributed by atoms with E-state index in [9.17, 15) is 4.79 Å². The number of rotatable bonds is 6. The van der Waals surface area contributed by atoms with E-state index in [-0.39, 0.29) is 6.03 Å². The fourth-order valence-corrected chi connectivity index (χ4v) is 3.61. The zero-order chi connectivity index (χ0) is 15.9. The molecule has 118 valence electrons. The number of urea groups is 1. The molecule has 22 heavy (non-hydrogen) atoms. The highest BCUT2D eigenvalue weighted by Crippen LogP contribution is 2.23. The van der Waals surface area contributed by atoms with Crippen molar-refractivity contribution in [2.45, 2.75) is 19.7 Å². The molecule has 2 aromatic rings. The molecular weight excluding hydrogens is 364 g/mol. The molecule has 0 fully saturated rings. The number of ether oxygens (including phenoxy) is 1. The largest absolute Gasteiger partial charge is 0.380 e. The molecule has 0 unspecified atom stereocenters. The van der Waals surface area contributed by atoms with Gasteiger partial charge in [-0.1, -0.05) is 24.3 Å². The van der Waals surface area contributed by atoms with E-state index in [4.69, 9.17) is 4.74 Å². The third-order valence-corrected chi connectivity index (χ3v) is 4.83. The lowest BCUT2D eigenvalue weighted by molar-refractivity contribution is 0.183. The first kappa shape index (κ1) is 17.0. The van der Waals surface area contributed by atoms with Crippen LogP contribution < -0.4 is 5.32 Å². The average Bonchev–Trinajstić information content (AvgIpc) is 2.91. The van der Waals surface area contributed by atoms with Crippen LogP contribution >= 0.6 is 27.3 Å². The van der Waals surface area contributed by atoms with E-state index in [1.807, 2.05) is 36.4 Å². The second-order valence-electron chi connectivity index (χ2n) is 4.92. The first-order valence-corrected chi connectivity index (χ1v) is 8.50. The predicted octanol–water partition coefficient (Wildman–Crippen LogP) is 4.00. The fourth-order valence-electron chi connectivity index (χ4n) is 2.07. The van der Waals surface area contributed by atoms with Crippen LogP contribution in [0.25, 0.3) is 0 Å². The summed E-state index contributed by atoms with van der Waals surface area (Å²) in [4.78, 5) is 15.0. The van der Waals surface area contributed by atoms with Gasteiger partial charge >= 0.3 is 6.03 Å². The minimum Gasteiger partial charge on any atom is -0.380 e. The number of halogens is 1. The standard InChI is InChI=1S/C16H19BrN2O2S/c1-19(10-14-7-8-15(17)22-14)16(20)18-9-12-5-3-4-6-13(12)11-21-2/h3-8H,9-11H2,1-2H3,(H,18,20). The summed E-state index contributed by atoms with van der Waals surface area (Å²) in [6, 6.07) is 11.9. The molecule has 1 heterocycles. The third-order valence-electron chi connectivity index (χ3n) is 3.22. The number of carbonyl (C=O) groups excluding carboxylic acids is 1. The number of hydrogen-bond donors (Lipinski definition) is 1. The molecule has 2 amide bonds. The van der Waals surface area contributed by atoms with Gasteiger partial charge in [-0.15, -0.1) is 11.3 Å². The van der Waals surface area contributed by atoms with Crippen LogP contribution in [-0.2, 0) is 24.4 Å². The molecule has 1 aromatic heterocycles. The summed E-state index contributed by atoms with van der Waals surface area (Å²) in [7, 11) is 3.46. The summed E-state index contributed by atoms with van der Waals surface area (Å²) in [5.74, 6) is 0. The van der Waals surface area contributed by atoms with Crippen LogP contribution in [0.5, 0.6) is 0 Å². The molecule has 2 rings (SSSR count). The van der Waals surface area contributed by atoms with Crippen molar-refractivity contribution in [2.24, 2.45) is 0 Å². The molecule has 4 nitrogen and oxygen atoms in total. The van der Waals surface area contributed by atoms with Crippen LogP contribution in [-0.4, -0.2) is 25.1 Å². The fraction of sp³-hybridized carbons (Fsp3) is 0.312. The molecule has 0 saturated carbocycles. The van der Waals surface area contributed by atoms with E-state index in [0.29, 0.717) is 19.7 Å². The van der Waals surface area contributed by atoms with Crippen molar-refractivity contribution < 1.29 is 9.53 Å². The van der Waals surface area contributed by atoms with Gasteiger partial charge in [-0.05, 0) is 39.2 Å². The average molecular weight is 383 g/mol. The molecule has 0 spiro atoms. The Morgan fingerprint density at radius 2 is 2.00 bits per heavy atom. The second kappa shape index (κ2) is 8.31. The zero-order valence-electron chi connectivity index (χ0n) is 12.6. The molecule has 0 aliphatic rings. The van der Waals surface area contributed by atoms with Crippen LogP contribution in [0.2, 0.25) is 0 Å². The van der Waals surface area contributed by atoms with Crippen molar-refractivity contribution in [1.29, 1.82) is 0 Å². The highest BCUT2D eigenvalue weighted by atomic mass is 79.9. The van der Waals surface area contributed by atoms with Crippen LogP contribution in [0.15, 0.2) is 40.2 Å². The van der Waals surface area contributed by atoms with Gasteiger partial charge in [0.15, 0.2) is 0 Å². The molecule has 0 radical (unpaired) electrons. The maximum Gasteiger partial charge on any atom is 0.317 e. The molecule has 1 N–H and O–H groups in total. The zero-order valence-corrected chi connectivity index (χ0v) is 15.0. The van der Waals surface area contributed by atoms with Crippen molar-refractivity contribution in [2.75, 3.05) is 14.2 Å². The molecule has 0 aliphatic heterocycles. The van der Waals surface area contributed by atoms with E-state index < -0.39 is 0 Å². The predicted molar refractivity (Wildman–Crippen MR) is 92.9 cm³/mol. The van der Waals surface area contributed by atoms with Gasteiger partial charge in [-0.3, -0.25) is 0 Å². The van der Waals surface area contributed by atoms with Crippen LogP contribution in [0.1, 0.15) is 16.0 Å². The van der Waals surface area contributed by atoms with Crippen molar-refractivity contribution in [3.8, 4) is 0 Å². The first-order chi connectivity index (χ1) is 10.6. The summed E-state index contributed by atoms with van der Waals surface area (Å²) < 4.78 is 6.25. The molecule has 0 atom stereocenters. The Bertz CT molecular complexity index is 630. The minimum atomic E-state index is -0.0863. The number of nitrogens with zero attached hydrogens (tertiary/aromatic N) is 1. The van der Waals surface area contributed by atoms with Crippen molar-refractivity contribution >= 4 is 33.3 Å². The normalized spacial score (nSPS) is 10.5. The molecule has 0 bridgehead atoms. The lowest BCUT2D eigenvalue weighted by atomic mass is 10.1. The Morgan fingerprint density at radius 3 is 2.64 bits per heavy atom. The number of nitrogens with one attached hydrogen (secondary N) is 1. The summed E-state index contributed by atoms with van der Waals surface area (Å²) in [6.07, 6.45) is 0. The SMILES string of the molecule is COCc1ccccc1CNC(=O)N(C)Cc1ccc(Br)s1. The summed E-state index contributed by atoms with van der Waals surface area (Å²) >= 11 is 5.07. The van der Waals surface area contributed by atoms with Crippen molar-refractivity contribution in [3.05, 3.63) is 56.2 Å². The van der Waals surface area contributed by atoms with Crippen LogP contribution in [0, 0.1) is 0 Å². The Morgan fingerprint density at radius 1 is 1.27 bits per heavy atom. The van der Waals surface area contributed by atoms with Crippen molar-refractivity contribution in [3.63, 3.8) is 0 Å². The van der Waals surface area contributed by atoms with E-state index in [1.165, 1.54) is 0 Å². The molecule has 0 saturated heterocycles. The second-order valence-corrected chi connectivity index (χ2v) is 7.47. The molecule has 0 aliphatic carbocycles. The number of amides is 2. The number of carbonyl (C=O) groups is 1. The Kier molecular flexibility index (Phi) is 6.42. The lowest BCUT2D eigenvalue weighted by Crippen LogP contribution is -2.36. The molecular formula is C16H19BrN2O2S. The van der Waals surface area contributed by atoms with Gasteiger partial charge in [0.25, 0.3) is 0 Å². The van der Waals surface area contributed by atoms with Gasteiger partial charge < -0.3 is 15.0 Å². The quantitative estimate of drug-likeness (QED) is 0.819. The monoisotopic (exact) mass is 382 g/mol. The number of benzene rings is 1. The lowest BCUT2D eigenvalue weighted by Gasteiger charge is -2.18. The Hall–Kier alpha value is -1.37. The Balaban J connectivity index is 1.89. The number of hydrogen-bond acceptors (Lipinski definition) is 3. The maximum atomic E-state index is 12.2. The van der Waals surface area contributed by atoms with Crippen molar-refractivity contribution in [1.82, 2.24) is 10.2 Å². The highest BCUT2D eigenvalue weighted by Gasteiger charge is 2.11. The van der Waals surface area contributed by atoms with E-state index in [0.717, 1.165) is 19.8 Å². The molecule has 6 heteroatoms. The summed E-state index contributed by atoms with van der Waals surface area (Å²) in [6.45, 7) is 1.64. The number of thiophene rings is 1. The van der Waals surface area contributed by atoms with Gasteiger partial charge in [0.1, 0.15) is 0 Å². The van der Waals surface area contributed by atoms with Crippen LogP contribution in [0.3, 0.4) is 0 Å². The van der Waals surface area contributed by atoms with Gasteiger partial charge in [-0.2, -0.15) is 0 Å². The van der Waals surface area contributed by atoms with Gasteiger partial charge in [-0.25, -0.2) is 4.79 Å². The first-order valence-electron chi connectivity index (χ1n) is 6.89. The topological polar surface area (TPSA) is 41.6 Å².